The first-order valence-electron chi connectivity index (χ1n) is 7.97. The summed E-state index contributed by atoms with van der Waals surface area (Å²) in [6, 6.07) is 14.2. The van der Waals surface area contributed by atoms with Crippen LogP contribution < -0.4 is 16.6 Å². The van der Waals surface area contributed by atoms with Gasteiger partial charge < -0.3 is 11.1 Å². The predicted octanol–water partition coefficient (Wildman–Crippen LogP) is 1.40. The number of hydrogen-bond donors (Lipinski definition) is 2. The summed E-state index contributed by atoms with van der Waals surface area (Å²) in [7, 11) is 0. The van der Waals surface area contributed by atoms with E-state index in [1.165, 1.54) is 36.4 Å². The first-order chi connectivity index (χ1) is 12.9. The zero-order valence-electron chi connectivity index (χ0n) is 14.1. The van der Waals surface area contributed by atoms with Crippen molar-refractivity contribution in [3.8, 4) is 5.69 Å². The molecule has 1 aromatic heterocycles. The van der Waals surface area contributed by atoms with E-state index in [0.29, 0.717) is 16.8 Å². The second kappa shape index (κ2) is 7.61. The standard InChI is InChI=1S/C19H15FN4O3/c20-14-4-6-15(7-5-14)24-17(25)9-8-16(23-24)19(27)22-11-12-2-1-3-13(10-12)18(21)26/h1-10H,11H2,(H2,21,26)(H,22,27). The largest absolute Gasteiger partial charge is 0.366 e. The van der Waals surface area contributed by atoms with Crippen LogP contribution in [0.4, 0.5) is 4.39 Å². The van der Waals surface area contributed by atoms with Crippen LogP contribution in [0.5, 0.6) is 0 Å². The number of nitrogens with zero attached hydrogens (tertiary/aromatic N) is 2. The van der Waals surface area contributed by atoms with E-state index in [4.69, 9.17) is 5.73 Å². The van der Waals surface area contributed by atoms with Crippen LogP contribution >= 0.6 is 0 Å². The first-order valence-corrected chi connectivity index (χ1v) is 7.97. The molecular formula is C19H15FN4O3. The highest BCUT2D eigenvalue weighted by Crippen LogP contribution is 2.07. The van der Waals surface area contributed by atoms with E-state index in [-0.39, 0.29) is 12.2 Å². The van der Waals surface area contributed by atoms with Gasteiger partial charge in [-0.3, -0.25) is 14.4 Å². The molecule has 0 aliphatic carbocycles. The molecule has 2 amide bonds. The zero-order valence-corrected chi connectivity index (χ0v) is 14.1. The summed E-state index contributed by atoms with van der Waals surface area (Å²) in [5, 5.41) is 6.69. The number of primary amides is 1. The maximum atomic E-state index is 13.0. The van der Waals surface area contributed by atoms with Crippen LogP contribution in [0.2, 0.25) is 0 Å². The van der Waals surface area contributed by atoms with Crippen LogP contribution in [0.25, 0.3) is 5.69 Å². The Labute approximate surface area is 153 Å². The second-order valence-corrected chi connectivity index (χ2v) is 5.69. The fourth-order valence-corrected chi connectivity index (χ4v) is 2.41. The molecule has 0 unspecified atom stereocenters. The normalized spacial score (nSPS) is 10.4. The fourth-order valence-electron chi connectivity index (χ4n) is 2.41. The zero-order chi connectivity index (χ0) is 19.4. The van der Waals surface area contributed by atoms with Crippen molar-refractivity contribution in [1.82, 2.24) is 15.1 Å². The van der Waals surface area contributed by atoms with E-state index in [1.54, 1.807) is 24.3 Å². The van der Waals surface area contributed by atoms with Gasteiger partial charge in [-0.25, -0.2) is 4.39 Å². The molecule has 0 spiro atoms. The second-order valence-electron chi connectivity index (χ2n) is 5.69. The van der Waals surface area contributed by atoms with E-state index < -0.39 is 23.2 Å². The Balaban J connectivity index is 1.78. The lowest BCUT2D eigenvalue weighted by Gasteiger charge is -2.08. The molecule has 0 radical (unpaired) electrons. The number of carbonyl (C=O) groups excluding carboxylic acids is 2. The minimum absolute atomic E-state index is 0.0185. The van der Waals surface area contributed by atoms with Crippen LogP contribution in [0, 0.1) is 5.82 Å². The van der Waals surface area contributed by atoms with E-state index in [1.807, 2.05) is 0 Å². The van der Waals surface area contributed by atoms with Crippen molar-refractivity contribution in [2.45, 2.75) is 6.54 Å². The Morgan fingerprint density at radius 2 is 1.81 bits per heavy atom. The fraction of sp³-hybridized carbons (Fsp3) is 0.0526. The van der Waals surface area contributed by atoms with E-state index in [2.05, 4.69) is 10.4 Å². The van der Waals surface area contributed by atoms with E-state index in [9.17, 15) is 18.8 Å². The van der Waals surface area contributed by atoms with E-state index >= 15 is 0 Å². The van der Waals surface area contributed by atoms with Crippen LogP contribution in [0.15, 0.2) is 65.5 Å². The van der Waals surface area contributed by atoms with Gasteiger partial charge in [0.15, 0.2) is 0 Å². The summed E-state index contributed by atoms with van der Waals surface area (Å²) in [5.41, 5.74) is 6.16. The number of hydrogen-bond acceptors (Lipinski definition) is 4. The molecule has 27 heavy (non-hydrogen) atoms. The summed E-state index contributed by atoms with van der Waals surface area (Å²) < 4.78 is 14.1. The Morgan fingerprint density at radius 1 is 1.07 bits per heavy atom. The Kier molecular flexibility index (Phi) is 5.07. The SMILES string of the molecule is NC(=O)c1cccc(CNC(=O)c2ccc(=O)n(-c3ccc(F)cc3)n2)c1. The Morgan fingerprint density at radius 3 is 2.52 bits per heavy atom. The molecule has 136 valence electrons. The van der Waals surface area contributed by atoms with Gasteiger partial charge in [-0.15, -0.1) is 0 Å². The first kappa shape index (κ1) is 18.0. The molecule has 7 nitrogen and oxygen atoms in total. The summed E-state index contributed by atoms with van der Waals surface area (Å²) in [6.45, 7) is 0.150. The topological polar surface area (TPSA) is 107 Å². The molecule has 0 fully saturated rings. The molecule has 0 bridgehead atoms. The molecule has 3 aromatic rings. The van der Waals surface area contributed by atoms with Crippen molar-refractivity contribution in [3.05, 3.63) is 93.7 Å². The van der Waals surface area contributed by atoms with Gasteiger partial charge in [-0.1, -0.05) is 12.1 Å². The van der Waals surface area contributed by atoms with Gasteiger partial charge in [0.1, 0.15) is 11.5 Å². The lowest BCUT2D eigenvalue weighted by Crippen LogP contribution is -2.28. The summed E-state index contributed by atoms with van der Waals surface area (Å²) >= 11 is 0. The number of nitrogens with one attached hydrogen (secondary N) is 1. The van der Waals surface area contributed by atoms with E-state index in [0.717, 1.165) is 4.68 Å². The van der Waals surface area contributed by atoms with Crippen LogP contribution in [0.3, 0.4) is 0 Å². The van der Waals surface area contributed by atoms with Crippen molar-refractivity contribution in [2.24, 2.45) is 5.73 Å². The molecule has 0 saturated carbocycles. The molecule has 0 atom stereocenters. The van der Waals surface area contributed by atoms with Gasteiger partial charge in [0.2, 0.25) is 5.91 Å². The third-order valence-electron chi connectivity index (χ3n) is 3.77. The van der Waals surface area contributed by atoms with Crippen LogP contribution in [-0.4, -0.2) is 21.6 Å². The average Bonchev–Trinajstić information content (AvgIpc) is 2.67. The Bertz CT molecular complexity index is 1060. The van der Waals surface area contributed by atoms with Crippen molar-refractivity contribution in [3.63, 3.8) is 0 Å². The number of nitrogens with two attached hydrogens (primary N) is 1. The van der Waals surface area contributed by atoms with Gasteiger partial charge >= 0.3 is 0 Å². The third-order valence-corrected chi connectivity index (χ3v) is 3.77. The smallest absolute Gasteiger partial charge is 0.272 e. The highest BCUT2D eigenvalue weighted by molar-refractivity contribution is 5.93. The van der Waals surface area contributed by atoms with Gasteiger partial charge in [0.25, 0.3) is 11.5 Å². The molecule has 0 aliphatic rings. The Hall–Kier alpha value is -3.81. The highest BCUT2D eigenvalue weighted by Gasteiger charge is 2.11. The molecule has 3 rings (SSSR count). The maximum absolute atomic E-state index is 13.0. The monoisotopic (exact) mass is 366 g/mol. The number of carbonyl (C=O) groups is 2. The van der Waals surface area contributed by atoms with Crippen molar-refractivity contribution >= 4 is 11.8 Å². The third kappa shape index (κ3) is 4.24. The number of amides is 2. The quantitative estimate of drug-likeness (QED) is 0.712. The molecule has 3 N–H and O–H groups in total. The molecule has 1 heterocycles. The van der Waals surface area contributed by atoms with Crippen molar-refractivity contribution in [1.29, 1.82) is 0 Å². The van der Waals surface area contributed by atoms with Gasteiger partial charge in [-0.2, -0.15) is 9.78 Å². The molecule has 0 saturated heterocycles. The molecular weight excluding hydrogens is 351 g/mol. The highest BCUT2D eigenvalue weighted by atomic mass is 19.1. The minimum Gasteiger partial charge on any atom is -0.366 e. The van der Waals surface area contributed by atoms with Crippen molar-refractivity contribution < 1.29 is 14.0 Å². The van der Waals surface area contributed by atoms with Gasteiger partial charge in [0.05, 0.1) is 5.69 Å². The average molecular weight is 366 g/mol. The number of aromatic nitrogens is 2. The van der Waals surface area contributed by atoms with Gasteiger partial charge in [-0.05, 0) is 48.0 Å². The summed E-state index contributed by atoms with van der Waals surface area (Å²) in [6.07, 6.45) is 0. The number of benzene rings is 2. The molecule has 2 aromatic carbocycles. The summed E-state index contributed by atoms with van der Waals surface area (Å²) in [5.74, 6) is -1.51. The molecule has 0 aliphatic heterocycles. The minimum atomic E-state index is -0.559. The van der Waals surface area contributed by atoms with Gasteiger partial charge in [0, 0.05) is 18.2 Å². The van der Waals surface area contributed by atoms with Crippen LogP contribution in [-0.2, 0) is 6.54 Å². The van der Waals surface area contributed by atoms with Crippen molar-refractivity contribution in [2.75, 3.05) is 0 Å². The summed E-state index contributed by atoms with van der Waals surface area (Å²) in [4.78, 5) is 35.5. The molecule has 8 heteroatoms. The lowest BCUT2D eigenvalue weighted by molar-refractivity contribution is 0.0943. The maximum Gasteiger partial charge on any atom is 0.272 e. The number of halogens is 1. The number of rotatable bonds is 5. The predicted molar refractivity (Wildman–Crippen MR) is 95.9 cm³/mol. The van der Waals surface area contributed by atoms with Crippen LogP contribution in [0.1, 0.15) is 26.4 Å². The lowest BCUT2D eigenvalue weighted by atomic mass is 10.1.